The first-order chi connectivity index (χ1) is 61.7. The summed E-state index contributed by atoms with van der Waals surface area (Å²) in [5.74, 6) is -4.18. The second kappa shape index (κ2) is 70.8. The Morgan fingerprint density at radius 3 is 1.05 bits per heavy atom. The fourth-order valence-electron chi connectivity index (χ4n) is 10.0. The molecule has 0 aromatic heterocycles. The summed E-state index contributed by atoms with van der Waals surface area (Å²) >= 11 is 5.22. The van der Waals surface area contributed by atoms with Gasteiger partial charge in [-0.05, 0) is 219 Å². The van der Waals surface area contributed by atoms with Crippen molar-refractivity contribution in [1.82, 2.24) is 20.9 Å². The van der Waals surface area contributed by atoms with Crippen LogP contribution in [0.4, 0.5) is 4.79 Å². The van der Waals surface area contributed by atoms with E-state index in [1.54, 1.807) is 226 Å². The van der Waals surface area contributed by atoms with Gasteiger partial charge in [0.1, 0.15) is 65.4 Å². The first kappa shape index (κ1) is 131. The number of benzene rings is 8. The minimum absolute atomic E-state index is 0. The smallest absolute Gasteiger partial charge is 1.00 e. The van der Waals surface area contributed by atoms with E-state index in [1.807, 2.05) is 45.0 Å². The van der Waals surface area contributed by atoms with Crippen LogP contribution in [-0.4, -0.2) is 223 Å². The Bertz CT molecular complexity index is 4880. The number of hydrogen-bond donors (Lipinski definition) is 7. The van der Waals surface area contributed by atoms with Gasteiger partial charge in [-0.25, -0.2) is 9.69 Å². The molecule has 0 aliphatic rings. The molecule has 36 nitrogen and oxygen atoms in total. The van der Waals surface area contributed by atoms with Crippen molar-refractivity contribution in [3.8, 4) is 28.7 Å². The van der Waals surface area contributed by atoms with E-state index in [4.69, 9.17) is 54.7 Å². The maximum Gasteiger partial charge on any atom is 1.00 e. The third-order valence-corrected chi connectivity index (χ3v) is 17.7. The van der Waals surface area contributed by atoms with Gasteiger partial charge < -0.3 is 95.4 Å². The van der Waals surface area contributed by atoms with Crippen LogP contribution in [0.2, 0.25) is 0 Å². The Morgan fingerprint density at radius 1 is 0.459 bits per heavy atom. The number of imide groups is 1. The average molecular weight is 1900 g/mol. The van der Waals surface area contributed by atoms with Crippen LogP contribution in [0.25, 0.3) is 0 Å². The van der Waals surface area contributed by atoms with Gasteiger partial charge in [-0.3, -0.25) is 62.3 Å². The summed E-state index contributed by atoms with van der Waals surface area (Å²) < 4.78 is 52.7. The summed E-state index contributed by atoms with van der Waals surface area (Å²) in [6, 6.07) is 54.2. The quantitative estimate of drug-likeness (QED) is 0.00461. The molecule has 8 aromatic rings. The summed E-state index contributed by atoms with van der Waals surface area (Å²) in [6.45, 7) is 19.4. The van der Waals surface area contributed by atoms with Crippen LogP contribution in [0.15, 0.2) is 194 Å². The minimum atomic E-state index is -1.15. The maximum atomic E-state index is 12.5. The average Bonchev–Trinajstić information content (AvgIpc) is 0.833. The van der Waals surface area contributed by atoms with Crippen LogP contribution in [0, 0.1) is 38.5 Å². The van der Waals surface area contributed by atoms with Gasteiger partial charge in [0.05, 0.1) is 88.2 Å². The number of hydrogen-bond acceptors (Lipinski definition) is 31. The van der Waals surface area contributed by atoms with E-state index >= 15 is 0 Å². The largest absolute Gasteiger partial charge is 1.00 e. The van der Waals surface area contributed by atoms with Crippen molar-refractivity contribution in [3.05, 3.63) is 255 Å². The molecule has 0 heterocycles. The molecule has 135 heavy (non-hydrogen) atoms. The van der Waals surface area contributed by atoms with E-state index < -0.39 is 107 Å². The number of carboxylic acids is 1. The van der Waals surface area contributed by atoms with E-state index in [2.05, 4.69) is 39.6 Å². The number of aliphatic hydroxyl groups is 3. The zero-order valence-corrected chi connectivity index (χ0v) is 82.5. The minimum Gasteiger partial charge on any atom is -1.00 e. The summed E-state index contributed by atoms with van der Waals surface area (Å²) in [5, 5.41) is 45.4. The van der Waals surface area contributed by atoms with Gasteiger partial charge in [0.2, 0.25) is 18.0 Å². The maximum absolute atomic E-state index is 12.5. The predicted molar refractivity (Wildman–Crippen MR) is 487 cm³/mol. The van der Waals surface area contributed by atoms with E-state index in [9.17, 15) is 82.4 Å². The van der Waals surface area contributed by atoms with E-state index in [1.165, 1.54) is 70.2 Å². The van der Waals surface area contributed by atoms with Crippen molar-refractivity contribution in [2.24, 2.45) is 17.8 Å². The first-order valence-electron chi connectivity index (χ1n) is 39.5. The number of esters is 4. The second-order valence-corrected chi connectivity index (χ2v) is 28.8. The Kier molecular flexibility index (Phi) is 68.5. The molecule has 8 atom stereocenters. The number of aliphatic hydroxyl groups excluding tert-OH is 3. The molecule has 0 fully saturated rings. The van der Waals surface area contributed by atoms with E-state index in [0.717, 1.165) is 32.9 Å². The molecular formula is C95H117BClLiN4NaO32. The fraction of sp³-hybridized carbons (Fsp3) is 0.337. The van der Waals surface area contributed by atoms with Crippen LogP contribution in [0.1, 0.15) is 167 Å². The van der Waals surface area contributed by atoms with Crippen molar-refractivity contribution in [2.75, 3.05) is 77.1 Å². The molecule has 8 N–H and O–H groups in total. The number of ketones is 2. The molecule has 0 saturated carbocycles. The van der Waals surface area contributed by atoms with E-state index in [-0.39, 0.29) is 112 Å². The summed E-state index contributed by atoms with van der Waals surface area (Å²) in [6.07, 6.45) is -4.61. The molecule has 8 rings (SSSR count). The molecule has 0 spiro atoms. The number of carbonyl (C=O) groups excluding carboxylic acids is 15. The number of methoxy groups -OCH3 is 9. The van der Waals surface area contributed by atoms with Gasteiger partial charge in [0.25, 0.3) is 23.5 Å². The number of nitrogens with zero attached hydrogens (tertiary/aromatic N) is 1. The number of Topliss-reactive ketones (excluding diaryl/α,β-unsaturated/α-hetero) is 2. The SMILES string of the molecule is COC(=O)C(C)C(=O)c1ccc(OC)cc1.COC(=O)C(C)C(=O)c1ccc(OC)cc1.COC(=O)CN(C(=O)OC(C)(C)C)C(=O)c1ccc(C)cc1.COC(=O)CNC(=O)c1ccc(C)cc1.COc1ccc([C@H](O)[C@@H](C)NC(C)=O)cc1.COc1ccc([C@H](O)[C@H](C)C(=O)O)cc1.COc1ccc([C@H](O)[C@H](NC(C)=O)OC=O)cc1.Cc1ccc(C(=O)Cl)cc1.O=C=O.[B].[H-].[Li+].[Na+].[OH-]. The summed E-state index contributed by atoms with van der Waals surface area (Å²) in [7, 11) is 12.8. The van der Waals surface area contributed by atoms with Crippen molar-refractivity contribution in [1.29, 1.82) is 0 Å². The van der Waals surface area contributed by atoms with Gasteiger partial charge in [0, 0.05) is 50.1 Å². The first-order valence-corrected chi connectivity index (χ1v) is 39.8. The van der Waals surface area contributed by atoms with Gasteiger partial charge in [0.15, 0.2) is 11.6 Å². The molecule has 40 heteroatoms. The third kappa shape index (κ3) is 51.8. The van der Waals surface area contributed by atoms with Crippen molar-refractivity contribution in [3.63, 3.8) is 0 Å². The number of nitrogens with one attached hydrogen (secondary N) is 3. The Balaban J connectivity index is -0.000000354. The molecule has 5 amide bonds. The predicted octanol–water partition coefficient (Wildman–Crippen LogP) is 5.24. The molecule has 0 aliphatic heterocycles. The van der Waals surface area contributed by atoms with Gasteiger partial charge >= 0.3 is 90.5 Å². The van der Waals surface area contributed by atoms with Gasteiger partial charge in [-0.2, -0.15) is 9.59 Å². The van der Waals surface area contributed by atoms with Crippen LogP contribution < -0.4 is 88.1 Å². The number of rotatable bonds is 29. The normalized spacial score (nSPS) is 11.4. The van der Waals surface area contributed by atoms with Crippen molar-refractivity contribution < 1.29 is 205 Å². The Morgan fingerprint density at radius 2 is 0.763 bits per heavy atom. The molecule has 0 bridgehead atoms. The number of halogens is 1. The van der Waals surface area contributed by atoms with Crippen LogP contribution in [-0.2, 0) is 76.4 Å². The topological polar surface area (TPSA) is 525 Å². The number of amides is 5. The summed E-state index contributed by atoms with van der Waals surface area (Å²) in [5.41, 5.74) is 6.55. The van der Waals surface area contributed by atoms with Gasteiger partial charge in [-0.1, -0.05) is 89.5 Å². The molecule has 2 unspecified atom stereocenters. The van der Waals surface area contributed by atoms with Crippen molar-refractivity contribution in [2.45, 2.75) is 119 Å². The molecule has 0 aliphatic carbocycles. The molecule has 8 aromatic carbocycles. The third-order valence-electron chi connectivity index (χ3n) is 17.5. The number of ether oxygens (including phenoxy) is 11. The van der Waals surface area contributed by atoms with Crippen molar-refractivity contribution >= 4 is 109 Å². The summed E-state index contributed by atoms with van der Waals surface area (Å²) in [4.78, 5) is 175. The second-order valence-electron chi connectivity index (χ2n) is 28.5. The Hall–Kier alpha value is -12.9. The van der Waals surface area contributed by atoms with Crippen LogP contribution in [0.3, 0.4) is 0 Å². The number of carboxylic acid groups (broad SMARTS) is 1. The zero-order valence-electron chi connectivity index (χ0n) is 80.7. The molecular weight excluding hydrogens is 1790 g/mol. The number of aryl methyl sites for hydroxylation is 3. The Labute approximate surface area is 827 Å². The monoisotopic (exact) mass is 1900 g/mol. The number of aliphatic carboxylic acids is 1. The van der Waals surface area contributed by atoms with E-state index in [0.29, 0.717) is 61.9 Å². The molecule has 721 valence electrons. The van der Waals surface area contributed by atoms with Crippen LogP contribution >= 0.6 is 11.6 Å². The molecule has 0 saturated heterocycles. The standard InChI is InChI=1S/C16H21NO5.C12H15NO5.C12H17NO3.2C12H14O4.C11H13NO3.C11H14O4.C8H7ClO.CO2.B.Li.Na.H2O.H/c1-11-6-8-12(9-7-11)14(19)17(10-13(18)21-5)15(20)22-16(2,3)4;1-8(15)13-12(18-7-14)11(16)9-3-5-10(17-2)6-4-9;1-8(13-9(2)14)12(15)10-4-6-11(16-3)7-5-10;2*1-8(12(14)16-3)11(13)9-4-6-10(15-2)7-5-9;1-8-3-5-9(6-4-8)11(14)12-7-10(13)15-2;1-7(11(13)14)10(12)8-3-5-9(15-2)6-4-8;1-6-2-4-7(5-3-6)8(9)10;2-1-3;;;;;/h6-9H,10H2,1-5H3;3-7,11-12,16H,1-2H3,(H,13,15);4-8,12,15H,1-3H3,(H,13,14);2*4-8H,1-3H3;3-6H,7H2,1-2H3,(H,12,14);3-7,10,12H,1-2H3,(H,13,14);2-5H,1H3;;;;;1H2;/q;;;;;;;;;;2*+1;;-1/p-1/t;11-,12+;8-,12-;;;;7-,10+;;;;;;;/m.01...0......./s1. The van der Waals surface area contributed by atoms with Crippen LogP contribution in [0.5, 0.6) is 28.7 Å². The zero-order chi connectivity index (χ0) is 99.8. The molecule has 3 radical (unpaired) electrons. The fourth-order valence-corrected chi connectivity index (χ4v) is 10.1. The van der Waals surface area contributed by atoms with Gasteiger partial charge in [-0.15, -0.1) is 0 Å². The number of carbonyl (C=O) groups is 14.